The summed E-state index contributed by atoms with van der Waals surface area (Å²) in [5.74, 6) is 0.320. The van der Waals surface area contributed by atoms with Crippen LogP contribution in [0, 0.1) is 11.7 Å². The van der Waals surface area contributed by atoms with Crippen LogP contribution in [0.4, 0.5) is 4.39 Å². The third-order valence-corrected chi connectivity index (χ3v) is 5.73. The van der Waals surface area contributed by atoms with E-state index in [1.807, 2.05) is 13.1 Å². The predicted octanol–water partition coefficient (Wildman–Crippen LogP) is 4.20. The zero-order valence-corrected chi connectivity index (χ0v) is 13.4. The van der Waals surface area contributed by atoms with Crippen LogP contribution in [-0.2, 0) is 4.74 Å². The number of halogens is 2. The van der Waals surface area contributed by atoms with Gasteiger partial charge in [-0.05, 0) is 72.6 Å². The Morgan fingerprint density at radius 1 is 1.45 bits per heavy atom. The van der Waals surface area contributed by atoms with Gasteiger partial charge in [0.25, 0.3) is 0 Å². The summed E-state index contributed by atoms with van der Waals surface area (Å²) in [7, 11) is 1.96. The van der Waals surface area contributed by atoms with Gasteiger partial charge in [0.1, 0.15) is 5.82 Å². The fraction of sp³-hybridized carbons (Fsp3) is 0.625. The van der Waals surface area contributed by atoms with Gasteiger partial charge in [0.2, 0.25) is 0 Å². The number of nitrogens with one attached hydrogen (secondary N) is 1. The van der Waals surface area contributed by atoms with E-state index in [4.69, 9.17) is 4.74 Å². The molecule has 110 valence electrons. The summed E-state index contributed by atoms with van der Waals surface area (Å²) < 4.78 is 20.4. The molecule has 1 N–H and O–H groups in total. The van der Waals surface area contributed by atoms with Crippen LogP contribution in [-0.4, -0.2) is 19.3 Å². The van der Waals surface area contributed by atoms with Crippen LogP contribution >= 0.6 is 15.9 Å². The zero-order chi connectivity index (χ0) is 14.2. The smallest absolute Gasteiger partial charge is 0.137 e. The Hall–Kier alpha value is -0.450. The normalized spacial score (nSPS) is 26.2. The van der Waals surface area contributed by atoms with Crippen molar-refractivity contribution < 1.29 is 9.13 Å². The minimum atomic E-state index is -0.187. The first-order chi connectivity index (χ1) is 9.65. The van der Waals surface area contributed by atoms with E-state index in [1.54, 1.807) is 6.07 Å². The van der Waals surface area contributed by atoms with Gasteiger partial charge >= 0.3 is 0 Å². The summed E-state index contributed by atoms with van der Waals surface area (Å²) in [5.41, 5.74) is 1.14. The van der Waals surface area contributed by atoms with Crippen molar-refractivity contribution in [2.24, 2.45) is 5.92 Å². The van der Waals surface area contributed by atoms with Crippen LogP contribution in [0.3, 0.4) is 0 Å². The number of hydrogen-bond donors (Lipinski definition) is 1. The number of benzene rings is 1. The number of rotatable bonds is 3. The molecule has 2 nitrogen and oxygen atoms in total. The second-order valence-corrected chi connectivity index (χ2v) is 6.84. The maximum Gasteiger partial charge on any atom is 0.137 e. The molecule has 1 heterocycles. The fourth-order valence-electron chi connectivity index (χ4n) is 3.68. The molecule has 1 saturated carbocycles. The Bertz CT molecular complexity index is 489. The van der Waals surface area contributed by atoms with Gasteiger partial charge in [0.05, 0.1) is 10.1 Å². The van der Waals surface area contributed by atoms with Crippen LogP contribution in [0.25, 0.3) is 0 Å². The summed E-state index contributed by atoms with van der Waals surface area (Å²) in [6, 6.07) is 5.48. The lowest BCUT2D eigenvalue weighted by molar-refractivity contribution is -0.147. The van der Waals surface area contributed by atoms with Crippen LogP contribution in [0.1, 0.15) is 43.7 Å². The largest absolute Gasteiger partial charge is 0.375 e. The summed E-state index contributed by atoms with van der Waals surface area (Å²) in [6.45, 7) is 0.829. The molecule has 2 unspecified atom stereocenters. The van der Waals surface area contributed by atoms with Gasteiger partial charge in [-0.1, -0.05) is 12.1 Å². The summed E-state index contributed by atoms with van der Waals surface area (Å²) in [4.78, 5) is 0. The maximum absolute atomic E-state index is 13.8. The van der Waals surface area contributed by atoms with E-state index >= 15 is 0 Å². The Morgan fingerprint density at radius 2 is 2.25 bits per heavy atom. The SMILES string of the molecule is CNC(c1cccc(F)c1Br)C1CCOC2(CCC2)C1. The highest BCUT2D eigenvalue weighted by Gasteiger charge is 2.44. The van der Waals surface area contributed by atoms with E-state index in [0.29, 0.717) is 10.4 Å². The second-order valence-electron chi connectivity index (χ2n) is 6.05. The molecular formula is C16H21BrFNO. The maximum atomic E-state index is 13.8. The highest BCUT2D eigenvalue weighted by atomic mass is 79.9. The fourth-order valence-corrected chi connectivity index (χ4v) is 4.19. The van der Waals surface area contributed by atoms with Gasteiger partial charge in [0, 0.05) is 12.6 Å². The van der Waals surface area contributed by atoms with E-state index < -0.39 is 0 Å². The highest BCUT2D eigenvalue weighted by Crippen LogP contribution is 2.47. The van der Waals surface area contributed by atoms with Crippen molar-refractivity contribution in [2.45, 2.75) is 43.7 Å². The minimum Gasteiger partial charge on any atom is -0.375 e. The first kappa shape index (κ1) is 14.5. The van der Waals surface area contributed by atoms with E-state index in [9.17, 15) is 4.39 Å². The molecule has 1 spiro atoms. The average molecular weight is 342 g/mol. The van der Waals surface area contributed by atoms with Crippen molar-refractivity contribution in [2.75, 3.05) is 13.7 Å². The van der Waals surface area contributed by atoms with E-state index in [-0.39, 0.29) is 17.5 Å². The molecular weight excluding hydrogens is 321 g/mol. The minimum absolute atomic E-state index is 0.123. The number of hydrogen-bond acceptors (Lipinski definition) is 2. The summed E-state index contributed by atoms with van der Waals surface area (Å²) in [5, 5.41) is 3.39. The van der Waals surface area contributed by atoms with Crippen LogP contribution in [0.15, 0.2) is 22.7 Å². The topological polar surface area (TPSA) is 21.3 Å². The van der Waals surface area contributed by atoms with Crippen molar-refractivity contribution in [3.63, 3.8) is 0 Å². The molecule has 0 amide bonds. The van der Waals surface area contributed by atoms with Gasteiger partial charge in [-0.25, -0.2) is 4.39 Å². The molecule has 1 saturated heterocycles. The van der Waals surface area contributed by atoms with Gasteiger partial charge < -0.3 is 10.1 Å². The Kier molecular flexibility index (Phi) is 4.16. The zero-order valence-electron chi connectivity index (χ0n) is 11.8. The molecule has 20 heavy (non-hydrogen) atoms. The molecule has 0 radical (unpaired) electrons. The third-order valence-electron chi connectivity index (χ3n) is 4.89. The van der Waals surface area contributed by atoms with E-state index in [2.05, 4.69) is 21.2 Å². The molecule has 0 aromatic heterocycles. The second kappa shape index (κ2) is 5.74. The van der Waals surface area contributed by atoms with Crippen molar-refractivity contribution in [3.8, 4) is 0 Å². The van der Waals surface area contributed by atoms with Crippen LogP contribution < -0.4 is 5.32 Å². The molecule has 4 heteroatoms. The average Bonchev–Trinajstić information content (AvgIpc) is 2.43. The molecule has 3 rings (SSSR count). The third kappa shape index (κ3) is 2.53. The van der Waals surface area contributed by atoms with Crippen molar-refractivity contribution in [1.29, 1.82) is 0 Å². The quantitative estimate of drug-likeness (QED) is 0.889. The van der Waals surface area contributed by atoms with Crippen LogP contribution in [0.5, 0.6) is 0 Å². The van der Waals surface area contributed by atoms with Crippen molar-refractivity contribution in [1.82, 2.24) is 5.32 Å². The molecule has 1 aliphatic carbocycles. The van der Waals surface area contributed by atoms with Gasteiger partial charge in [-0.2, -0.15) is 0 Å². The molecule has 1 aliphatic heterocycles. The summed E-state index contributed by atoms with van der Waals surface area (Å²) >= 11 is 3.40. The van der Waals surface area contributed by atoms with E-state index in [1.165, 1.54) is 25.3 Å². The van der Waals surface area contributed by atoms with Gasteiger partial charge in [-0.3, -0.25) is 0 Å². The molecule has 0 bridgehead atoms. The van der Waals surface area contributed by atoms with Crippen molar-refractivity contribution in [3.05, 3.63) is 34.1 Å². The lowest BCUT2D eigenvalue weighted by Crippen LogP contribution is -2.47. The van der Waals surface area contributed by atoms with Gasteiger partial charge in [0.15, 0.2) is 0 Å². The molecule has 1 aromatic rings. The first-order valence-electron chi connectivity index (χ1n) is 7.40. The lowest BCUT2D eigenvalue weighted by Gasteiger charge is -2.49. The predicted molar refractivity (Wildman–Crippen MR) is 81.2 cm³/mol. The monoisotopic (exact) mass is 341 g/mol. The standard InChI is InChI=1S/C16H21BrFNO/c1-19-15(12-4-2-5-13(18)14(12)17)11-6-9-20-16(10-11)7-3-8-16/h2,4-5,11,15,19H,3,6-10H2,1H3. The van der Waals surface area contributed by atoms with Crippen LogP contribution in [0.2, 0.25) is 0 Å². The molecule has 2 aliphatic rings. The first-order valence-corrected chi connectivity index (χ1v) is 8.20. The molecule has 2 fully saturated rings. The van der Waals surface area contributed by atoms with E-state index in [0.717, 1.165) is 25.0 Å². The molecule has 2 atom stereocenters. The van der Waals surface area contributed by atoms with Gasteiger partial charge in [-0.15, -0.1) is 0 Å². The Labute approximate surface area is 128 Å². The summed E-state index contributed by atoms with van der Waals surface area (Å²) in [6.07, 6.45) is 5.77. The Balaban J connectivity index is 1.84. The lowest BCUT2D eigenvalue weighted by atomic mass is 9.69. The molecule has 1 aromatic carbocycles. The number of ether oxygens (including phenoxy) is 1. The Morgan fingerprint density at radius 3 is 2.90 bits per heavy atom. The van der Waals surface area contributed by atoms with Crippen molar-refractivity contribution >= 4 is 15.9 Å². The highest BCUT2D eigenvalue weighted by molar-refractivity contribution is 9.10.